The van der Waals surface area contributed by atoms with Crippen LogP contribution in [0, 0.1) is 12.8 Å². The molecule has 0 spiro atoms. The Balaban J connectivity index is 1.33. The van der Waals surface area contributed by atoms with Gasteiger partial charge in [-0.15, -0.1) is 0 Å². The number of amides is 1. The van der Waals surface area contributed by atoms with E-state index in [-0.39, 0.29) is 23.8 Å². The highest BCUT2D eigenvalue weighted by Gasteiger charge is 2.27. The van der Waals surface area contributed by atoms with Crippen LogP contribution in [0.25, 0.3) is 0 Å². The van der Waals surface area contributed by atoms with Gasteiger partial charge < -0.3 is 10.6 Å². The maximum absolute atomic E-state index is 13.0. The standard InChI is InChI=1S/C27H31N3OS/c1-20-12-14-25(15-13-20)32-30-24-16-23(17-28-18-24)27(31)29-19-26(21-8-4-2-5-9-21)22-10-6-3-7-11-22/h2-15,23-24,26,28,30H,16-19H2,1H3,(H,29,31). The van der Waals surface area contributed by atoms with Crippen molar-refractivity contribution in [3.05, 3.63) is 102 Å². The summed E-state index contributed by atoms with van der Waals surface area (Å²) in [5, 5.41) is 6.66. The lowest BCUT2D eigenvalue weighted by molar-refractivity contribution is -0.125. The van der Waals surface area contributed by atoms with Gasteiger partial charge in [-0.2, -0.15) is 0 Å². The van der Waals surface area contributed by atoms with Gasteiger partial charge in [-0.1, -0.05) is 78.4 Å². The van der Waals surface area contributed by atoms with Gasteiger partial charge in [-0.3, -0.25) is 9.52 Å². The SMILES string of the molecule is Cc1ccc(SNC2CNCC(C(=O)NCC(c3ccccc3)c3ccccc3)C2)cc1. The summed E-state index contributed by atoms with van der Waals surface area (Å²) in [7, 11) is 0. The van der Waals surface area contributed by atoms with Crippen LogP contribution in [0.15, 0.2) is 89.8 Å². The fourth-order valence-corrected chi connectivity index (χ4v) is 4.89. The summed E-state index contributed by atoms with van der Waals surface area (Å²) < 4.78 is 3.53. The zero-order valence-corrected chi connectivity index (χ0v) is 19.3. The molecule has 3 aromatic rings. The first-order valence-corrected chi connectivity index (χ1v) is 12.1. The van der Waals surface area contributed by atoms with Crippen LogP contribution >= 0.6 is 11.9 Å². The number of nitrogens with one attached hydrogen (secondary N) is 3. The molecule has 0 aliphatic carbocycles. The van der Waals surface area contributed by atoms with Gasteiger partial charge in [0.2, 0.25) is 5.91 Å². The number of piperidine rings is 1. The molecule has 166 valence electrons. The van der Waals surface area contributed by atoms with Crippen LogP contribution in [0.1, 0.15) is 29.0 Å². The predicted molar refractivity (Wildman–Crippen MR) is 133 cm³/mol. The van der Waals surface area contributed by atoms with E-state index >= 15 is 0 Å². The van der Waals surface area contributed by atoms with E-state index < -0.39 is 0 Å². The average Bonchev–Trinajstić information content (AvgIpc) is 2.85. The van der Waals surface area contributed by atoms with Crippen molar-refractivity contribution in [1.82, 2.24) is 15.4 Å². The molecule has 1 aliphatic heterocycles. The van der Waals surface area contributed by atoms with E-state index in [9.17, 15) is 4.79 Å². The molecule has 4 rings (SSSR count). The van der Waals surface area contributed by atoms with Gasteiger partial charge in [0.15, 0.2) is 0 Å². The fraction of sp³-hybridized carbons (Fsp3) is 0.296. The first-order chi connectivity index (χ1) is 15.7. The van der Waals surface area contributed by atoms with E-state index in [0.29, 0.717) is 6.54 Å². The summed E-state index contributed by atoms with van der Waals surface area (Å²) in [5.41, 5.74) is 3.69. The van der Waals surface area contributed by atoms with E-state index in [2.05, 4.69) is 95.1 Å². The van der Waals surface area contributed by atoms with Crippen molar-refractivity contribution in [3.63, 3.8) is 0 Å². The van der Waals surface area contributed by atoms with Crippen molar-refractivity contribution in [3.8, 4) is 0 Å². The smallest absolute Gasteiger partial charge is 0.224 e. The molecule has 2 unspecified atom stereocenters. The molecule has 0 radical (unpaired) electrons. The number of aryl methyl sites for hydroxylation is 1. The van der Waals surface area contributed by atoms with E-state index in [0.717, 1.165) is 19.5 Å². The molecule has 3 N–H and O–H groups in total. The van der Waals surface area contributed by atoms with Crippen LogP contribution in [0.4, 0.5) is 0 Å². The van der Waals surface area contributed by atoms with Crippen LogP contribution in [-0.2, 0) is 4.79 Å². The van der Waals surface area contributed by atoms with Crippen molar-refractivity contribution in [2.75, 3.05) is 19.6 Å². The van der Waals surface area contributed by atoms with Crippen LogP contribution < -0.4 is 15.4 Å². The third kappa shape index (κ3) is 6.22. The summed E-state index contributed by atoms with van der Waals surface area (Å²) >= 11 is 1.64. The highest BCUT2D eigenvalue weighted by Crippen LogP contribution is 2.24. The maximum Gasteiger partial charge on any atom is 0.224 e. The zero-order chi connectivity index (χ0) is 22.2. The van der Waals surface area contributed by atoms with Crippen molar-refractivity contribution >= 4 is 17.9 Å². The first-order valence-electron chi connectivity index (χ1n) is 11.3. The van der Waals surface area contributed by atoms with Crippen molar-refractivity contribution in [2.24, 2.45) is 5.92 Å². The highest BCUT2D eigenvalue weighted by atomic mass is 32.2. The molecular formula is C27H31N3OS. The Morgan fingerprint density at radius 3 is 2.19 bits per heavy atom. The largest absolute Gasteiger partial charge is 0.355 e. The molecule has 5 heteroatoms. The summed E-state index contributed by atoms with van der Waals surface area (Å²) in [6.45, 7) is 4.29. The third-order valence-electron chi connectivity index (χ3n) is 5.97. The van der Waals surface area contributed by atoms with Gasteiger partial charge in [-0.25, -0.2) is 0 Å². The quantitative estimate of drug-likeness (QED) is 0.446. The lowest BCUT2D eigenvalue weighted by Gasteiger charge is -2.30. The van der Waals surface area contributed by atoms with Gasteiger partial charge >= 0.3 is 0 Å². The van der Waals surface area contributed by atoms with Crippen LogP contribution in [0.5, 0.6) is 0 Å². The lowest BCUT2D eigenvalue weighted by atomic mass is 9.90. The minimum atomic E-state index is -0.0351. The Morgan fingerprint density at radius 2 is 1.56 bits per heavy atom. The first kappa shape index (κ1) is 22.6. The van der Waals surface area contributed by atoms with Crippen molar-refractivity contribution in [2.45, 2.75) is 30.2 Å². The molecule has 0 aromatic heterocycles. The number of carbonyl (C=O) groups is 1. The zero-order valence-electron chi connectivity index (χ0n) is 18.5. The molecule has 1 saturated heterocycles. The van der Waals surface area contributed by atoms with Crippen molar-refractivity contribution < 1.29 is 4.79 Å². The number of hydrogen-bond acceptors (Lipinski definition) is 4. The van der Waals surface area contributed by atoms with Crippen LogP contribution in [0.2, 0.25) is 0 Å². The topological polar surface area (TPSA) is 53.2 Å². The van der Waals surface area contributed by atoms with Gasteiger partial charge in [0.25, 0.3) is 0 Å². The Morgan fingerprint density at radius 1 is 0.938 bits per heavy atom. The Bertz CT molecular complexity index is 939. The van der Waals surface area contributed by atoms with Gasteiger partial charge in [0, 0.05) is 36.5 Å². The highest BCUT2D eigenvalue weighted by molar-refractivity contribution is 7.97. The number of hydrogen-bond donors (Lipinski definition) is 3. The number of carbonyl (C=O) groups excluding carboxylic acids is 1. The lowest BCUT2D eigenvalue weighted by Crippen LogP contribution is -2.49. The molecule has 1 aliphatic rings. The van der Waals surface area contributed by atoms with E-state index in [1.807, 2.05) is 12.1 Å². The summed E-state index contributed by atoms with van der Waals surface area (Å²) in [4.78, 5) is 14.2. The van der Waals surface area contributed by atoms with Gasteiger partial charge in [-0.05, 0) is 48.6 Å². The van der Waals surface area contributed by atoms with Gasteiger partial charge in [0.1, 0.15) is 0 Å². The normalized spacial score (nSPS) is 18.4. The molecule has 32 heavy (non-hydrogen) atoms. The van der Waals surface area contributed by atoms with Crippen LogP contribution in [0.3, 0.4) is 0 Å². The maximum atomic E-state index is 13.0. The number of benzene rings is 3. The molecular weight excluding hydrogens is 414 g/mol. The van der Waals surface area contributed by atoms with E-state index in [4.69, 9.17) is 0 Å². The second-order valence-corrected chi connectivity index (χ2v) is 9.35. The molecule has 0 bridgehead atoms. The minimum Gasteiger partial charge on any atom is -0.355 e. The monoisotopic (exact) mass is 445 g/mol. The predicted octanol–water partition coefficient (Wildman–Crippen LogP) is 4.52. The summed E-state index contributed by atoms with van der Waals surface area (Å²) in [6, 6.07) is 29.6. The molecule has 4 nitrogen and oxygen atoms in total. The minimum absolute atomic E-state index is 0.0351. The second kappa shape index (κ2) is 11.3. The molecule has 0 saturated carbocycles. The Hall–Kier alpha value is -2.60. The average molecular weight is 446 g/mol. The van der Waals surface area contributed by atoms with Crippen LogP contribution in [-0.4, -0.2) is 31.6 Å². The Labute approximate surface area is 195 Å². The molecule has 1 amide bonds. The molecule has 2 atom stereocenters. The molecule has 1 fully saturated rings. The van der Waals surface area contributed by atoms with Gasteiger partial charge in [0.05, 0.1) is 5.92 Å². The fourth-order valence-electron chi connectivity index (χ4n) is 4.13. The number of rotatable bonds is 8. The third-order valence-corrected chi connectivity index (χ3v) is 6.93. The summed E-state index contributed by atoms with van der Waals surface area (Å²) in [6.07, 6.45) is 0.832. The van der Waals surface area contributed by atoms with E-state index in [1.54, 1.807) is 11.9 Å². The molecule has 3 aromatic carbocycles. The van der Waals surface area contributed by atoms with Crippen molar-refractivity contribution in [1.29, 1.82) is 0 Å². The van der Waals surface area contributed by atoms with E-state index in [1.165, 1.54) is 21.6 Å². The summed E-state index contributed by atoms with van der Waals surface area (Å²) in [5.74, 6) is 0.233. The second-order valence-electron chi connectivity index (χ2n) is 8.44. The Kier molecular flexibility index (Phi) is 7.99. The molecule has 1 heterocycles.